The van der Waals surface area contributed by atoms with E-state index < -0.39 is 15.3 Å². The quantitative estimate of drug-likeness (QED) is 0.542. The molecule has 0 aliphatic rings. The minimum atomic E-state index is -3.46. The lowest BCUT2D eigenvalue weighted by molar-refractivity contribution is 0.402. The van der Waals surface area contributed by atoms with Crippen LogP contribution < -0.4 is 0 Å². The van der Waals surface area contributed by atoms with Gasteiger partial charge in [-0.15, -0.1) is 0 Å². The third kappa shape index (κ3) is 3.06. The average Bonchev–Trinajstić information content (AvgIpc) is 2.63. The van der Waals surface area contributed by atoms with E-state index in [1.807, 2.05) is 37.3 Å². The van der Waals surface area contributed by atoms with Gasteiger partial charge in [0, 0.05) is 11.7 Å². The number of rotatable bonds is 4. The lowest BCUT2D eigenvalue weighted by Crippen LogP contribution is -2.27. The Morgan fingerprint density at radius 3 is 2.00 bits per heavy atom. The maximum Gasteiger partial charge on any atom is 0.175 e. The van der Waals surface area contributed by atoms with Crippen molar-refractivity contribution in [3.63, 3.8) is 0 Å². The van der Waals surface area contributed by atoms with Gasteiger partial charge in [0.15, 0.2) is 21.3 Å². The maximum absolute atomic E-state index is 12.4. The highest BCUT2D eigenvalue weighted by Crippen LogP contribution is 2.43. The molecule has 134 valence electrons. The van der Waals surface area contributed by atoms with Crippen LogP contribution in [-0.2, 0) is 15.3 Å². The van der Waals surface area contributed by atoms with E-state index >= 15 is 0 Å². The van der Waals surface area contributed by atoms with Gasteiger partial charge in [0.1, 0.15) is 0 Å². The predicted octanol–water partition coefficient (Wildman–Crippen LogP) is 3.86. The molecule has 0 saturated carbocycles. The molecule has 0 fully saturated rings. The molecule has 0 aliphatic carbocycles. The van der Waals surface area contributed by atoms with Crippen LogP contribution >= 0.6 is 0 Å². The van der Waals surface area contributed by atoms with Crippen molar-refractivity contribution < 1.29 is 18.6 Å². The van der Waals surface area contributed by atoms with Gasteiger partial charge < -0.3 is 10.2 Å². The Balaban J connectivity index is 2.39. The second kappa shape index (κ2) is 6.50. The van der Waals surface area contributed by atoms with Gasteiger partial charge in [-0.25, -0.2) is 8.42 Å². The van der Waals surface area contributed by atoms with Crippen molar-refractivity contribution in [2.24, 2.45) is 0 Å². The van der Waals surface area contributed by atoms with E-state index in [1.54, 1.807) is 30.3 Å². The molecule has 0 amide bonds. The maximum atomic E-state index is 12.4. The zero-order valence-corrected chi connectivity index (χ0v) is 15.4. The Bertz CT molecular complexity index is 1040. The summed E-state index contributed by atoms with van der Waals surface area (Å²) in [4.78, 5) is 0.235. The molecule has 3 aromatic rings. The summed E-state index contributed by atoms with van der Waals surface area (Å²) in [7, 11) is -3.46. The molecule has 26 heavy (non-hydrogen) atoms. The number of aromatic hydroxyl groups is 2. The molecule has 3 rings (SSSR count). The minimum absolute atomic E-state index is 0.222. The Labute approximate surface area is 153 Å². The molecule has 0 aromatic heterocycles. The van der Waals surface area contributed by atoms with Crippen LogP contribution in [0.1, 0.15) is 23.6 Å². The van der Waals surface area contributed by atoms with Gasteiger partial charge in [-0.05, 0) is 41.8 Å². The van der Waals surface area contributed by atoms with Crippen molar-refractivity contribution in [2.75, 3.05) is 6.26 Å². The van der Waals surface area contributed by atoms with Gasteiger partial charge in [0.05, 0.1) is 4.90 Å². The zero-order valence-electron chi connectivity index (χ0n) is 14.5. The molecule has 0 heterocycles. The molecule has 1 atom stereocenters. The molecule has 0 bridgehead atoms. The Kier molecular flexibility index (Phi) is 4.50. The molecular formula is C21H20O4S. The van der Waals surface area contributed by atoms with E-state index in [0.717, 1.165) is 5.56 Å². The SMILES string of the molecule is CC(c1ccccc1)(c1ccc(O)c(O)c1)c1ccccc1S(C)(=O)=O. The highest BCUT2D eigenvalue weighted by Gasteiger charge is 2.35. The van der Waals surface area contributed by atoms with Crippen molar-refractivity contribution in [1.82, 2.24) is 0 Å². The van der Waals surface area contributed by atoms with Crippen LogP contribution in [0.4, 0.5) is 0 Å². The number of phenolic OH excluding ortho intramolecular Hbond substituents is 2. The van der Waals surface area contributed by atoms with E-state index in [0.29, 0.717) is 11.1 Å². The van der Waals surface area contributed by atoms with E-state index in [-0.39, 0.29) is 16.4 Å². The van der Waals surface area contributed by atoms with Crippen molar-refractivity contribution in [3.8, 4) is 11.5 Å². The highest BCUT2D eigenvalue weighted by atomic mass is 32.2. The topological polar surface area (TPSA) is 74.6 Å². The van der Waals surface area contributed by atoms with E-state index in [9.17, 15) is 18.6 Å². The fourth-order valence-corrected chi connectivity index (χ4v) is 4.28. The van der Waals surface area contributed by atoms with Gasteiger partial charge in [-0.2, -0.15) is 0 Å². The van der Waals surface area contributed by atoms with Crippen molar-refractivity contribution in [3.05, 3.63) is 89.5 Å². The first-order valence-electron chi connectivity index (χ1n) is 8.12. The summed E-state index contributed by atoms with van der Waals surface area (Å²) in [6.45, 7) is 1.91. The number of hydrogen-bond donors (Lipinski definition) is 2. The second-order valence-corrected chi connectivity index (χ2v) is 8.45. The first kappa shape index (κ1) is 18.0. The number of benzene rings is 3. The van der Waals surface area contributed by atoms with Gasteiger partial charge in [-0.1, -0.05) is 54.6 Å². The lowest BCUT2D eigenvalue weighted by Gasteiger charge is -2.33. The van der Waals surface area contributed by atoms with Gasteiger partial charge in [0.25, 0.3) is 0 Å². The van der Waals surface area contributed by atoms with Gasteiger partial charge >= 0.3 is 0 Å². The van der Waals surface area contributed by atoms with Crippen LogP contribution in [-0.4, -0.2) is 24.9 Å². The molecule has 0 saturated heterocycles. The van der Waals surface area contributed by atoms with Crippen LogP contribution in [0.25, 0.3) is 0 Å². The van der Waals surface area contributed by atoms with Crippen LogP contribution in [0, 0.1) is 0 Å². The van der Waals surface area contributed by atoms with Gasteiger partial charge in [0.2, 0.25) is 0 Å². The Morgan fingerprint density at radius 1 is 0.769 bits per heavy atom. The molecule has 3 aromatic carbocycles. The summed E-state index contributed by atoms with van der Waals surface area (Å²) in [6, 6.07) is 20.9. The Hall–Kier alpha value is -2.79. The largest absolute Gasteiger partial charge is 0.504 e. The molecular weight excluding hydrogens is 348 g/mol. The standard InChI is InChI=1S/C21H20O4S/c1-21(15-8-4-3-5-9-15,16-12-13-18(22)19(23)14-16)17-10-6-7-11-20(17)26(2,24)25/h3-14,22-23H,1-2H3. The van der Waals surface area contributed by atoms with Gasteiger partial charge in [-0.3, -0.25) is 0 Å². The molecule has 4 nitrogen and oxygen atoms in total. The zero-order chi connectivity index (χ0) is 18.9. The molecule has 0 aliphatic heterocycles. The van der Waals surface area contributed by atoms with Crippen molar-refractivity contribution in [2.45, 2.75) is 17.2 Å². The normalized spacial score (nSPS) is 13.9. The first-order chi connectivity index (χ1) is 12.2. The van der Waals surface area contributed by atoms with Crippen molar-refractivity contribution in [1.29, 1.82) is 0 Å². The summed E-state index contributed by atoms with van der Waals surface area (Å²) in [5, 5.41) is 19.7. The number of phenols is 2. The smallest absolute Gasteiger partial charge is 0.175 e. The first-order valence-corrected chi connectivity index (χ1v) is 10.0. The fraction of sp³-hybridized carbons (Fsp3) is 0.143. The fourth-order valence-electron chi connectivity index (χ4n) is 3.29. The summed E-state index contributed by atoms with van der Waals surface area (Å²) in [5.41, 5.74) is 1.32. The van der Waals surface area contributed by atoms with Crippen LogP contribution in [0.15, 0.2) is 77.7 Å². The number of hydrogen-bond acceptors (Lipinski definition) is 4. The summed E-state index contributed by atoms with van der Waals surface area (Å²) in [6.07, 6.45) is 1.19. The summed E-state index contributed by atoms with van der Waals surface area (Å²) < 4.78 is 24.8. The van der Waals surface area contributed by atoms with Crippen LogP contribution in [0.3, 0.4) is 0 Å². The van der Waals surface area contributed by atoms with Crippen molar-refractivity contribution >= 4 is 9.84 Å². The molecule has 2 N–H and O–H groups in total. The van der Waals surface area contributed by atoms with Crippen LogP contribution in [0.5, 0.6) is 11.5 Å². The number of sulfone groups is 1. The second-order valence-electron chi connectivity index (χ2n) is 6.46. The monoisotopic (exact) mass is 368 g/mol. The van der Waals surface area contributed by atoms with Crippen LogP contribution in [0.2, 0.25) is 0 Å². The van der Waals surface area contributed by atoms with E-state index in [2.05, 4.69) is 0 Å². The third-order valence-corrected chi connectivity index (χ3v) is 5.88. The molecule has 0 spiro atoms. The highest BCUT2D eigenvalue weighted by molar-refractivity contribution is 7.90. The molecule has 1 unspecified atom stereocenters. The summed E-state index contributed by atoms with van der Waals surface area (Å²) in [5.74, 6) is -0.470. The predicted molar refractivity (Wildman–Crippen MR) is 101 cm³/mol. The minimum Gasteiger partial charge on any atom is -0.504 e. The lowest BCUT2D eigenvalue weighted by atomic mass is 9.71. The summed E-state index contributed by atoms with van der Waals surface area (Å²) >= 11 is 0. The molecule has 0 radical (unpaired) electrons. The molecule has 5 heteroatoms. The van der Waals surface area contributed by atoms with E-state index in [4.69, 9.17) is 0 Å². The third-order valence-electron chi connectivity index (χ3n) is 4.73. The van der Waals surface area contributed by atoms with E-state index in [1.165, 1.54) is 18.4 Å². The average molecular weight is 368 g/mol. The Morgan fingerprint density at radius 2 is 1.38 bits per heavy atom.